The van der Waals surface area contributed by atoms with Crippen LogP contribution in [0.1, 0.15) is 29.3 Å². The lowest BCUT2D eigenvalue weighted by Crippen LogP contribution is -2.11. The van der Waals surface area contributed by atoms with Gasteiger partial charge in [0.1, 0.15) is 18.1 Å². The summed E-state index contributed by atoms with van der Waals surface area (Å²) in [7, 11) is 0. The number of alkyl halides is 3. The molecule has 3 rings (SSSR count). The molecule has 0 N–H and O–H groups in total. The van der Waals surface area contributed by atoms with Crippen LogP contribution in [-0.2, 0) is 12.8 Å². The van der Waals surface area contributed by atoms with Crippen LogP contribution < -0.4 is 4.74 Å². The Morgan fingerprint density at radius 3 is 2.36 bits per heavy atom. The lowest BCUT2D eigenvalue weighted by Gasteiger charge is -2.16. The molecular formula is C23H20F3NO. The third-order valence-electron chi connectivity index (χ3n) is 4.35. The van der Waals surface area contributed by atoms with Crippen molar-refractivity contribution < 1.29 is 17.9 Å². The molecule has 0 aliphatic heterocycles. The fraction of sp³-hybridized carbons (Fsp3) is 0.174. The van der Waals surface area contributed by atoms with Crippen molar-refractivity contribution in [3.05, 3.63) is 89.8 Å². The van der Waals surface area contributed by atoms with Crippen LogP contribution in [0.15, 0.2) is 67.4 Å². The predicted octanol–water partition coefficient (Wildman–Crippen LogP) is 6.69. The first kappa shape index (κ1) is 19.7. The van der Waals surface area contributed by atoms with Crippen LogP contribution in [0.4, 0.5) is 13.2 Å². The van der Waals surface area contributed by atoms with Gasteiger partial charge in [0.15, 0.2) is 0 Å². The van der Waals surface area contributed by atoms with Crippen molar-refractivity contribution in [2.75, 3.05) is 0 Å². The minimum Gasteiger partial charge on any atom is -0.487 e. The van der Waals surface area contributed by atoms with Crippen molar-refractivity contribution in [1.29, 1.82) is 0 Å². The SMILES string of the molecule is C=C(C)c1ncc(-c2ccc(C)cc2)cc1OCc1ccccc1C(F)(F)F. The third-order valence-corrected chi connectivity index (χ3v) is 4.35. The summed E-state index contributed by atoms with van der Waals surface area (Å²) in [6, 6.07) is 15.1. The number of aromatic nitrogens is 1. The second kappa shape index (κ2) is 7.89. The maximum Gasteiger partial charge on any atom is 0.416 e. The summed E-state index contributed by atoms with van der Waals surface area (Å²) in [6.07, 6.45) is -2.72. The van der Waals surface area contributed by atoms with Crippen LogP contribution in [0.3, 0.4) is 0 Å². The monoisotopic (exact) mass is 383 g/mol. The Hall–Kier alpha value is -3.08. The van der Waals surface area contributed by atoms with Crippen LogP contribution in [0.25, 0.3) is 16.7 Å². The van der Waals surface area contributed by atoms with Crippen LogP contribution in [0, 0.1) is 6.92 Å². The van der Waals surface area contributed by atoms with Crippen molar-refractivity contribution in [3.8, 4) is 16.9 Å². The van der Waals surface area contributed by atoms with Crippen molar-refractivity contribution in [2.45, 2.75) is 26.6 Å². The van der Waals surface area contributed by atoms with E-state index < -0.39 is 11.7 Å². The molecule has 28 heavy (non-hydrogen) atoms. The smallest absolute Gasteiger partial charge is 0.416 e. The highest BCUT2D eigenvalue weighted by atomic mass is 19.4. The Morgan fingerprint density at radius 1 is 1.04 bits per heavy atom. The summed E-state index contributed by atoms with van der Waals surface area (Å²) in [6.45, 7) is 7.46. The van der Waals surface area contributed by atoms with Gasteiger partial charge in [-0.3, -0.25) is 4.98 Å². The summed E-state index contributed by atoms with van der Waals surface area (Å²) in [5, 5.41) is 0. The van der Waals surface area contributed by atoms with E-state index in [0.717, 1.165) is 22.8 Å². The Kier molecular flexibility index (Phi) is 5.54. The predicted molar refractivity (Wildman–Crippen MR) is 105 cm³/mol. The minimum absolute atomic E-state index is 0.0726. The first-order valence-electron chi connectivity index (χ1n) is 8.76. The quantitative estimate of drug-likeness (QED) is 0.490. The molecule has 1 aromatic heterocycles. The van der Waals surface area contributed by atoms with Gasteiger partial charge in [-0.05, 0) is 37.1 Å². The summed E-state index contributed by atoms with van der Waals surface area (Å²) < 4.78 is 45.4. The zero-order chi connectivity index (χ0) is 20.3. The standard InChI is InChI=1S/C23H20F3NO/c1-15(2)22-21(12-19(13-27-22)17-10-8-16(3)9-11-17)28-14-18-6-4-5-7-20(18)23(24,25)26/h4-13H,1,14H2,2-3H3. The maximum absolute atomic E-state index is 13.2. The Balaban J connectivity index is 1.94. The van der Waals surface area contributed by atoms with Crippen molar-refractivity contribution in [3.63, 3.8) is 0 Å². The van der Waals surface area contributed by atoms with E-state index >= 15 is 0 Å². The van der Waals surface area contributed by atoms with Gasteiger partial charge in [0, 0.05) is 17.3 Å². The number of hydrogen-bond donors (Lipinski definition) is 0. The Bertz CT molecular complexity index is 991. The fourth-order valence-electron chi connectivity index (χ4n) is 2.86. The van der Waals surface area contributed by atoms with Gasteiger partial charge in [0.25, 0.3) is 0 Å². The second-order valence-electron chi connectivity index (χ2n) is 6.66. The van der Waals surface area contributed by atoms with Gasteiger partial charge in [0.2, 0.25) is 0 Å². The Labute approximate surface area is 162 Å². The van der Waals surface area contributed by atoms with Crippen LogP contribution in [-0.4, -0.2) is 4.98 Å². The molecule has 5 heteroatoms. The van der Waals surface area contributed by atoms with E-state index in [-0.39, 0.29) is 12.2 Å². The number of benzene rings is 2. The zero-order valence-electron chi connectivity index (χ0n) is 15.7. The van der Waals surface area contributed by atoms with E-state index in [9.17, 15) is 13.2 Å². The molecule has 0 aliphatic carbocycles. The molecule has 1 heterocycles. The number of pyridine rings is 1. The van der Waals surface area contributed by atoms with Crippen molar-refractivity contribution in [2.24, 2.45) is 0 Å². The lowest BCUT2D eigenvalue weighted by molar-refractivity contribution is -0.138. The van der Waals surface area contributed by atoms with Gasteiger partial charge in [-0.2, -0.15) is 13.2 Å². The van der Waals surface area contributed by atoms with E-state index in [1.54, 1.807) is 25.3 Å². The average molecular weight is 383 g/mol. The first-order valence-corrected chi connectivity index (χ1v) is 8.76. The highest BCUT2D eigenvalue weighted by Crippen LogP contribution is 2.34. The topological polar surface area (TPSA) is 22.1 Å². The minimum atomic E-state index is -4.43. The molecule has 0 fully saturated rings. The molecule has 0 saturated carbocycles. The highest BCUT2D eigenvalue weighted by molar-refractivity contribution is 5.70. The molecule has 0 amide bonds. The number of ether oxygens (including phenoxy) is 1. The molecule has 2 aromatic carbocycles. The Morgan fingerprint density at radius 2 is 1.71 bits per heavy atom. The fourth-order valence-corrected chi connectivity index (χ4v) is 2.86. The van der Waals surface area contributed by atoms with Gasteiger partial charge in [-0.15, -0.1) is 0 Å². The average Bonchev–Trinajstić information content (AvgIpc) is 2.66. The molecule has 0 aliphatic rings. The number of rotatable bonds is 5. The molecular weight excluding hydrogens is 363 g/mol. The van der Waals surface area contributed by atoms with Crippen LogP contribution >= 0.6 is 0 Å². The molecule has 0 spiro atoms. The zero-order valence-corrected chi connectivity index (χ0v) is 15.7. The van der Waals surface area contributed by atoms with Gasteiger partial charge in [-0.1, -0.05) is 54.6 Å². The molecule has 2 nitrogen and oxygen atoms in total. The normalized spacial score (nSPS) is 11.3. The molecule has 0 unspecified atom stereocenters. The summed E-state index contributed by atoms with van der Waals surface area (Å²) in [5.74, 6) is 0.405. The molecule has 0 bridgehead atoms. The van der Waals surface area contributed by atoms with Crippen molar-refractivity contribution >= 4 is 5.57 Å². The van der Waals surface area contributed by atoms with Gasteiger partial charge in [0.05, 0.1) is 5.56 Å². The number of aryl methyl sites for hydroxylation is 1. The van der Waals surface area contributed by atoms with Gasteiger partial charge in [-0.25, -0.2) is 0 Å². The number of allylic oxidation sites excluding steroid dienone is 1. The van der Waals surface area contributed by atoms with Crippen LogP contribution in [0.5, 0.6) is 5.75 Å². The molecule has 0 radical (unpaired) electrons. The largest absolute Gasteiger partial charge is 0.487 e. The lowest BCUT2D eigenvalue weighted by atomic mass is 10.0. The van der Waals surface area contributed by atoms with Gasteiger partial charge >= 0.3 is 6.18 Å². The molecule has 0 atom stereocenters. The van der Waals surface area contributed by atoms with E-state index in [4.69, 9.17) is 4.74 Å². The molecule has 144 valence electrons. The van der Waals surface area contributed by atoms with E-state index in [1.807, 2.05) is 31.2 Å². The number of nitrogens with zero attached hydrogens (tertiary/aromatic N) is 1. The number of hydrogen-bond acceptors (Lipinski definition) is 2. The molecule has 0 saturated heterocycles. The summed E-state index contributed by atoms with van der Waals surface area (Å²) in [4.78, 5) is 4.41. The number of halogens is 3. The third kappa shape index (κ3) is 4.42. The summed E-state index contributed by atoms with van der Waals surface area (Å²) in [5.41, 5.74) is 3.49. The van der Waals surface area contributed by atoms with E-state index in [2.05, 4.69) is 11.6 Å². The van der Waals surface area contributed by atoms with Crippen molar-refractivity contribution in [1.82, 2.24) is 4.98 Å². The summed E-state index contributed by atoms with van der Waals surface area (Å²) >= 11 is 0. The van der Waals surface area contributed by atoms with Gasteiger partial charge < -0.3 is 4.74 Å². The highest BCUT2D eigenvalue weighted by Gasteiger charge is 2.33. The molecule has 3 aromatic rings. The van der Waals surface area contributed by atoms with E-state index in [0.29, 0.717) is 17.0 Å². The second-order valence-corrected chi connectivity index (χ2v) is 6.66. The maximum atomic E-state index is 13.2. The first-order chi connectivity index (χ1) is 13.3. The van der Waals surface area contributed by atoms with Crippen LogP contribution in [0.2, 0.25) is 0 Å². The van der Waals surface area contributed by atoms with E-state index in [1.165, 1.54) is 12.1 Å².